The second kappa shape index (κ2) is 5.07. The minimum Gasteiger partial charge on any atom is -0.360 e. The van der Waals surface area contributed by atoms with Gasteiger partial charge < -0.3 is 4.52 Å². The summed E-state index contributed by atoms with van der Waals surface area (Å²) >= 11 is 3.32. The van der Waals surface area contributed by atoms with Crippen LogP contribution in [0.4, 0.5) is 0 Å². The van der Waals surface area contributed by atoms with Gasteiger partial charge in [-0.3, -0.25) is 0 Å². The zero-order valence-corrected chi connectivity index (χ0v) is 12.8. The van der Waals surface area contributed by atoms with Crippen molar-refractivity contribution in [2.45, 2.75) is 44.6 Å². The van der Waals surface area contributed by atoms with Gasteiger partial charge >= 0.3 is 0 Å². The Labute approximate surface area is 110 Å². The van der Waals surface area contributed by atoms with E-state index in [0.29, 0.717) is 23.2 Å². The second-order valence-electron chi connectivity index (χ2n) is 4.31. The maximum absolute atomic E-state index is 12.2. The highest BCUT2D eigenvalue weighted by Gasteiger charge is 2.32. The molecule has 17 heavy (non-hydrogen) atoms. The van der Waals surface area contributed by atoms with Crippen LogP contribution in [0.25, 0.3) is 0 Å². The highest BCUT2D eigenvalue weighted by atomic mass is 79.9. The first-order valence-corrected chi connectivity index (χ1v) is 7.89. The standard InChI is InChI=1S/C10H17BrN2O3S/c1-5-10(4,6-11)13-17(14,15)9-7(2)12-16-8(9)3/h13H,5-6H2,1-4H3. The van der Waals surface area contributed by atoms with E-state index in [4.69, 9.17) is 4.52 Å². The summed E-state index contributed by atoms with van der Waals surface area (Å²) in [4.78, 5) is 0.137. The summed E-state index contributed by atoms with van der Waals surface area (Å²) in [7, 11) is -3.60. The van der Waals surface area contributed by atoms with Crippen LogP contribution in [0.15, 0.2) is 9.42 Å². The number of alkyl halides is 1. The Morgan fingerprint density at radius 3 is 2.41 bits per heavy atom. The molecule has 98 valence electrons. The molecule has 0 radical (unpaired) electrons. The van der Waals surface area contributed by atoms with Crippen molar-refractivity contribution in [3.8, 4) is 0 Å². The molecule has 0 saturated heterocycles. The third-order valence-electron chi connectivity index (χ3n) is 2.69. The van der Waals surface area contributed by atoms with Crippen molar-refractivity contribution in [3.05, 3.63) is 11.5 Å². The summed E-state index contributed by atoms with van der Waals surface area (Å²) in [5.41, 5.74) is -0.141. The third-order valence-corrected chi connectivity index (χ3v) is 5.81. The molecule has 0 saturated carbocycles. The van der Waals surface area contributed by atoms with Crippen molar-refractivity contribution in [2.24, 2.45) is 0 Å². The van der Waals surface area contributed by atoms with Crippen LogP contribution in [0.1, 0.15) is 31.7 Å². The van der Waals surface area contributed by atoms with E-state index in [2.05, 4.69) is 25.8 Å². The van der Waals surface area contributed by atoms with Gasteiger partial charge in [0.15, 0.2) is 5.76 Å². The molecule has 1 aromatic rings. The van der Waals surface area contributed by atoms with E-state index >= 15 is 0 Å². The van der Waals surface area contributed by atoms with Crippen LogP contribution < -0.4 is 4.72 Å². The molecular weight excluding hydrogens is 308 g/mol. The van der Waals surface area contributed by atoms with Gasteiger partial charge in [0.2, 0.25) is 10.0 Å². The Kier molecular flexibility index (Phi) is 4.38. The Hall–Kier alpha value is -0.400. The van der Waals surface area contributed by atoms with Crippen LogP contribution in [0.2, 0.25) is 0 Å². The van der Waals surface area contributed by atoms with E-state index in [1.54, 1.807) is 13.8 Å². The van der Waals surface area contributed by atoms with Crippen LogP contribution in [0.3, 0.4) is 0 Å². The molecule has 0 aliphatic heterocycles. The zero-order valence-electron chi connectivity index (χ0n) is 10.4. The van der Waals surface area contributed by atoms with E-state index in [-0.39, 0.29) is 4.90 Å². The van der Waals surface area contributed by atoms with Gasteiger partial charge in [-0.1, -0.05) is 28.0 Å². The molecule has 0 amide bonds. The highest BCUT2D eigenvalue weighted by molar-refractivity contribution is 9.09. The van der Waals surface area contributed by atoms with Crippen molar-refractivity contribution >= 4 is 26.0 Å². The predicted octanol–water partition coefficient (Wildman–Crippen LogP) is 2.13. The van der Waals surface area contributed by atoms with Crippen LogP contribution in [-0.2, 0) is 10.0 Å². The number of hydrogen-bond acceptors (Lipinski definition) is 4. The summed E-state index contributed by atoms with van der Waals surface area (Å²) in [6, 6.07) is 0. The predicted molar refractivity (Wildman–Crippen MR) is 68.8 cm³/mol. The highest BCUT2D eigenvalue weighted by Crippen LogP contribution is 2.22. The molecule has 1 aromatic heterocycles. The first-order valence-electron chi connectivity index (χ1n) is 5.28. The fourth-order valence-electron chi connectivity index (χ4n) is 1.43. The van der Waals surface area contributed by atoms with E-state index in [1.165, 1.54) is 0 Å². The molecule has 1 rings (SSSR count). The van der Waals surface area contributed by atoms with Crippen molar-refractivity contribution in [1.82, 2.24) is 9.88 Å². The maximum Gasteiger partial charge on any atom is 0.246 e. The summed E-state index contributed by atoms with van der Waals surface area (Å²) in [6.07, 6.45) is 0.681. The SMILES string of the molecule is CCC(C)(CBr)NS(=O)(=O)c1c(C)noc1C. The number of aromatic nitrogens is 1. The quantitative estimate of drug-likeness (QED) is 0.842. The number of sulfonamides is 1. The molecule has 0 aromatic carbocycles. The van der Waals surface area contributed by atoms with E-state index in [1.807, 2.05) is 13.8 Å². The molecular formula is C10H17BrN2O3S. The lowest BCUT2D eigenvalue weighted by molar-refractivity contribution is 0.390. The summed E-state index contributed by atoms with van der Waals surface area (Å²) in [6.45, 7) is 6.98. The fourth-order valence-corrected chi connectivity index (χ4v) is 3.96. The second-order valence-corrected chi connectivity index (χ2v) is 6.49. The molecule has 0 aliphatic carbocycles. The Balaban J connectivity index is 3.14. The molecule has 0 fully saturated rings. The van der Waals surface area contributed by atoms with Gasteiger partial charge in [-0.05, 0) is 27.2 Å². The van der Waals surface area contributed by atoms with Gasteiger partial charge in [0.05, 0.1) is 0 Å². The van der Waals surface area contributed by atoms with Gasteiger partial charge in [0, 0.05) is 10.9 Å². The Morgan fingerprint density at radius 1 is 1.47 bits per heavy atom. The zero-order chi connectivity index (χ0) is 13.3. The van der Waals surface area contributed by atoms with Crippen molar-refractivity contribution in [1.29, 1.82) is 0 Å². The average molecular weight is 325 g/mol. The van der Waals surface area contributed by atoms with E-state index in [9.17, 15) is 8.42 Å². The lowest BCUT2D eigenvalue weighted by Crippen LogP contribution is -2.47. The minimum atomic E-state index is -3.60. The monoisotopic (exact) mass is 324 g/mol. The minimum absolute atomic E-state index is 0.137. The third kappa shape index (κ3) is 3.08. The topological polar surface area (TPSA) is 72.2 Å². The molecule has 7 heteroatoms. The van der Waals surface area contributed by atoms with Crippen molar-refractivity contribution in [2.75, 3.05) is 5.33 Å². The number of aryl methyl sites for hydroxylation is 2. The van der Waals surface area contributed by atoms with E-state index < -0.39 is 15.6 Å². The largest absolute Gasteiger partial charge is 0.360 e. The smallest absolute Gasteiger partial charge is 0.246 e. The van der Waals surface area contributed by atoms with Crippen LogP contribution in [-0.4, -0.2) is 24.4 Å². The van der Waals surface area contributed by atoms with Crippen LogP contribution in [0.5, 0.6) is 0 Å². The first kappa shape index (κ1) is 14.7. The number of rotatable bonds is 5. The lowest BCUT2D eigenvalue weighted by atomic mass is 10.0. The Bertz CT molecular complexity index is 472. The van der Waals surface area contributed by atoms with E-state index in [0.717, 1.165) is 0 Å². The fraction of sp³-hybridized carbons (Fsp3) is 0.700. The van der Waals surface area contributed by atoms with Crippen molar-refractivity contribution in [3.63, 3.8) is 0 Å². The number of hydrogen-bond donors (Lipinski definition) is 1. The number of halogens is 1. The average Bonchev–Trinajstić information content (AvgIpc) is 2.58. The number of nitrogens with one attached hydrogen (secondary N) is 1. The van der Waals surface area contributed by atoms with Gasteiger partial charge in [-0.25, -0.2) is 13.1 Å². The van der Waals surface area contributed by atoms with Gasteiger partial charge in [-0.2, -0.15) is 0 Å². The molecule has 0 bridgehead atoms. The Morgan fingerprint density at radius 2 is 2.06 bits per heavy atom. The summed E-state index contributed by atoms with van der Waals surface area (Å²) in [5, 5.41) is 4.20. The molecule has 1 atom stereocenters. The lowest BCUT2D eigenvalue weighted by Gasteiger charge is -2.26. The summed E-state index contributed by atoms with van der Waals surface area (Å²) in [5.74, 6) is 0.308. The first-order chi connectivity index (χ1) is 7.75. The maximum atomic E-state index is 12.2. The van der Waals surface area contributed by atoms with Gasteiger partial charge in [-0.15, -0.1) is 0 Å². The van der Waals surface area contributed by atoms with Crippen molar-refractivity contribution < 1.29 is 12.9 Å². The number of nitrogens with zero attached hydrogens (tertiary/aromatic N) is 1. The van der Waals surface area contributed by atoms with Crippen LogP contribution in [0, 0.1) is 13.8 Å². The molecule has 5 nitrogen and oxygen atoms in total. The molecule has 1 heterocycles. The molecule has 0 spiro atoms. The van der Waals surface area contributed by atoms with Gasteiger partial charge in [0.1, 0.15) is 10.6 Å². The molecule has 1 N–H and O–H groups in total. The van der Waals surface area contributed by atoms with Crippen LogP contribution >= 0.6 is 15.9 Å². The normalized spacial score (nSPS) is 15.8. The molecule has 0 aliphatic rings. The van der Waals surface area contributed by atoms with Gasteiger partial charge in [0.25, 0.3) is 0 Å². The summed E-state index contributed by atoms with van der Waals surface area (Å²) < 4.78 is 32.0. The molecule has 1 unspecified atom stereocenters.